The molecule has 0 saturated carbocycles. The van der Waals surface area contributed by atoms with Gasteiger partial charge in [-0.15, -0.1) is 10.2 Å². The number of anilines is 2. The van der Waals surface area contributed by atoms with Crippen molar-refractivity contribution >= 4 is 35.0 Å². The molecule has 0 saturated heterocycles. The lowest BCUT2D eigenvalue weighted by atomic mass is 10.1. The SMILES string of the molecule is Nc1nc(NC(O)CCO)nnc1-c1cccc(Cl)c1Cl. The van der Waals surface area contributed by atoms with Crippen LogP contribution in [0.15, 0.2) is 18.2 Å². The van der Waals surface area contributed by atoms with Crippen molar-refractivity contribution in [1.29, 1.82) is 0 Å². The molecular weight excluding hydrogens is 317 g/mol. The Morgan fingerprint density at radius 3 is 2.71 bits per heavy atom. The van der Waals surface area contributed by atoms with Crippen molar-refractivity contribution in [3.63, 3.8) is 0 Å². The number of rotatable bonds is 5. The fourth-order valence-corrected chi connectivity index (χ4v) is 2.01. The third-order valence-electron chi connectivity index (χ3n) is 2.62. The summed E-state index contributed by atoms with van der Waals surface area (Å²) in [6.07, 6.45) is -0.859. The molecule has 7 nitrogen and oxygen atoms in total. The zero-order chi connectivity index (χ0) is 15.4. The van der Waals surface area contributed by atoms with E-state index in [4.69, 9.17) is 34.0 Å². The maximum Gasteiger partial charge on any atom is 0.246 e. The molecule has 2 aromatic rings. The Morgan fingerprint density at radius 1 is 1.29 bits per heavy atom. The molecule has 0 bridgehead atoms. The van der Waals surface area contributed by atoms with Crippen molar-refractivity contribution in [2.45, 2.75) is 12.6 Å². The maximum absolute atomic E-state index is 9.50. The van der Waals surface area contributed by atoms with Crippen molar-refractivity contribution in [2.24, 2.45) is 0 Å². The van der Waals surface area contributed by atoms with Crippen molar-refractivity contribution in [3.8, 4) is 11.3 Å². The number of aliphatic hydroxyl groups is 2. The summed E-state index contributed by atoms with van der Waals surface area (Å²) in [6.45, 7) is -0.173. The summed E-state index contributed by atoms with van der Waals surface area (Å²) in [5.41, 5.74) is 6.65. The average molecular weight is 330 g/mol. The van der Waals surface area contributed by atoms with Crippen LogP contribution in [0.2, 0.25) is 10.0 Å². The number of aliphatic hydroxyl groups excluding tert-OH is 2. The number of nitrogens with two attached hydrogens (primary N) is 1. The molecule has 1 atom stereocenters. The van der Waals surface area contributed by atoms with E-state index in [9.17, 15) is 5.11 Å². The van der Waals surface area contributed by atoms with E-state index in [-0.39, 0.29) is 24.8 Å². The summed E-state index contributed by atoms with van der Waals surface area (Å²) in [7, 11) is 0. The minimum absolute atomic E-state index is 0.0513. The first-order chi connectivity index (χ1) is 10.0. The molecule has 21 heavy (non-hydrogen) atoms. The predicted molar refractivity (Wildman–Crippen MR) is 81.0 cm³/mol. The molecule has 1 heterocycles. The van der Waals surface area contributed by atoms with Gasteiger partial charge in [0.15, 0.2) is 5.82 Å². The van der Waals surface area contributed by atoms with Crippen molar-refractivity contribution in [3.05, 3.63) is 28.2 Å². The first-order valence-electron chi connectivity index (χ1n) is 6.03. The zero-order valence-corrected chi connectivity index (χ0v) is 12.3. The number of hydrogen-bond donors (Lipinski definition) is 4. The van der Waals surface area contributed by atoms with E-state index in [1.165, 1.54) is 0 Å². The summed E-state index contributed by atoms with van der Waals surface area (Å²) < 4.78 is 0. The van der Waals surface area contributed by atoms with Crippen molar-refractivity contribution in [1.82, 2.24) is 15.2 Å². The van der Waals surface area contributed by atoms with Crippen LogP contribution in [0.3, 0.4) is 0 Å². The van der Waals surface area contributed by atoms with Gasteiger partial charge >= 0.3 is 0 Å². The topological polar surface area (TPSA) is 117 Å². The molecule has 9 heteroatoms. The second kappa shape index (κ2) is 6.86. The largest absolute Gasteiger partial charge is 0.396 e. The molecule has 0 aliphatic rings. The average Bonchev–Trinajstić information content (AvgIpc) is 2.43. The van der Waals surface area contributed by atoms with Crippen LogP contribution in [-0.4, -0.2) is 38.2 Å². The Balaban J connectivity index is 2.29. The number of nitrogen functional groups attached to an aromatic ring is 1. The van der Waals surface area contributed by atoms with E-state index in [2.05, 4.69) is 20.5 Å². The second-order valence-electron chi connectivity index (χ2n) is 4.14. The van der Waals surface area contributed by atoms with E-state index in [1.807, 2.05) is 0 Å². The summed E-state index contributed by atoms with van der Waals surface area (Å²) >= 11 is 12.0. The van der Waals surface area contributed by atoms with Gasteiger partial charge in [-0.3, -0.25) is 0 Å². The number of benzene rings is 1. The fraction of sp³-hybridized carbons (Fsp3) is 0.250. The van der Waals surface area contributed by atoms with Gasteiger partial charge in [0, 0.05) is 18.6 Å². The minimum atomic E-state index is -0.989. The molecule has 0 aliphatic heterocycles. The van der Waals surface area contributed by atoms with Crippen LogP contribution in [0.1, 0.15) is 6.42 Å². The lowest BCUT2D eigenvalue weighted by Gasteiger charge is -2.12. The van der Waals surface area contributed by atoms with Gasteiger partial charge < -0.3 is 21.3 Å². The minimum Gasteiger partial charge on any atom is -0.396 e. The Labute approximate surface area is 130 Å². The van der Waals surface area contributed by atoms with Crippen molar-refractivity contribution < 1.29 is 10.2 Å². The van der Waals surface area contributed by atoms with E-state index >= 15 is 0 Å². The Morgan fingerprint density at radius 2 is 2.05 bits per heavy atom. The van der Waals surface area contributed by atoms with Crippen LogP contribution in [0.5, 0.6) is 0 Å². The van der Waals surface area contributed by atoms with E-state index in [0.717, 1.165) is 0 Å². The molecule has 112 valence electrons. The highest BCUT2D eigenvalue weighted by atomic mass is 35.5. The zero-order valence-electron chi connectivity index (χ0n) is 10.8. The van der Waals surface area contributed by atoms with Crippen molar-refractivity contribution in [2.75, 3.05) is 17.7 Å². The molecule has 1 aromatic carbocycles. The monoisotopic (exact) mass is 329 g/mol. The molecule has 0 fully saturated rings. The van der Waals surface area contributed by atoms with Gasteiger partial charge in [0.1, 0.15) is 11.9 Å². The molecule has 5 N–H and O–H groups in total. The van der Waals surface area contributed by atoms with Crippen LogP contribution >= 0.6 is 23.2 Å². The number of nitrogens with zero attached hydrogens (tertiary/aromatic N) is 3. The molecule has 0 aliphatic carbocycles. The Bertz CT molecular complexity index is 641. The molecule has 2 rings (SSSR count). The van der Waals surface area contributed by atoms with E-state index in [0.29, 0.717) is 21.3 Å². The highest BCUT2D eigenvalue weighted by molar-refractivity contribution is 6.43. The summed E-state index contributed by atoms with van der Waals surface area (Å²) in [6, 6.07) is 5.05. The van der Waals surface area contributed by atoms with Crippen LogP contribution < -0.4 is 11.1 Å². The van der Waals surface area contributed by atoms with Crippen LogP contribution in [0, 0.1) is 0 Å². The molecule has 0 radical (unpaired) electrons. The van der Waals surface area contributed by atoms with Crippen LogP contribution in [0.4, 0.5) is 11.8 Å². The van der Waals surface area contributed by atoms with Gasteiger partial charge in [-0.05, 0) is 6.07 Å². The number of halogens is 2. The van der Waals surface area contributed by atoms with Gasteiger partial charge in [-0.2, -0.15) is 4.98 Å². The number of nitrogens with one attached hydrogen (secondary N) is 1. The standard InChI is InChI=1S/C12H13Cl2N5O2/c13-7-3-1-2-6(9(7)14)10-11(15)17-12(19-18-10)16-8(21)4-5-20/h1-3,8,20-21H,4-5H2,(H3,15,16,17,19). The van der Waals surface area contributed by atoms with E-state index < -0.39 is 6.23 Å². The smallest absolute Gasteiger partial charge is 0.246 e. The molecular formula is C12H13Cl2N5O2. The van der Waals surface area contributed by atoms with Gasteiger partial charge in [0.05, 0.1) is 10.0 Å². The van der Waals surface area contributed by atoms with Gasteiger partial charge in [0.2, 0.25) is 5.95 Å². The predicted octanol–water partition coefficient (Wildman–Crippen LogP) is 1.54. The number of aromatic nitrogens is 3. The van der Waals surface area contributed by atoms with Crippen LogP contribution in [-0.2, 0) is 0 Å². The molecule has 1 aromatic heterocycles. The first kappa shape index (κ1) is 15.7. The quantitative estimate of drug-likeness (QED) is 0.614. The summed E-state index contributed by atoms with van der Waals surface area (Å²) in [4.78, 5) is 3.99. The molecule has 0 amide bonds. The van der Waals surface area contributed by atoms with E-state index in [1.54, 1.807) is 18.2 Å². The third-order valence-corrected chi connectivity index (χ3v) is 3.44. The second-order valence-corrected chi connectivity index (χ2v) is 4.93. The Hall–Kier alpha value is -1.67. The third kappa shape index (κ3) is 3.70. The van der Waals surface area contributed by atoms with Gasteiger partial charge in [0.25, 0.3) is 0 Å². The van der Waals surface area contributed by atoms with Crippen LogP contribution in [0.25, 0.3) is 11.3 Å². The highest BCUT2D eigenvalue weighted by Crippen LogP contribution is 2.34. The fourth-order valence-electron chi connectivity index (χ4n) is 1.62. The highest BCUT2D eigenvalue weighted by Gasteiger charge is 2.14. The maximum atomic E-state index is 9.50. The van der Waals surface area contributed by atoms with Gasteiger partial charge in [-0.25, -0.2) is 0 Å². The molecule has 1 unspecified atom stereocenters. The van der Waals surface area contributed by atoms with Gasteiger partial charge in [-0.1, -0.05) is 35.3 Å². The first-order valence-corrected chi connectivity index (χ1v) is 6.78. The lowest BCUT2D eigenvalue weighted by molar-refractivity contribution is 0.154. The molecule has 0 spiro atoms. The number of hydrogen-bond acceptors (Lipinski definition) is 7. The summed E-state index contributed by atoms with van der Waals surface area (Å²) in [5, 5.41) is 29.2. The lowest BCUT2D eigenvalue weighted by Crippen LogP contribution is -2.22. The normalized spacial score (nSPS) is 12.2. The summed E-state index contributed by atoms with van der Waals surface area (Å²) in [5.74, 6) is 0.142. The Kier molecular flexibility index (Phi) is 5.13.